The lowest BCUT2D eigenvalue weighted by molar-refractivity contribution is -0.133. The fourth-order valence-electron chi connectivity index (χ4n) is 2.59. The number of carbonyl (C=O) groups is 2. The molecule has 6 heteroatoms. The average molecular weight is 322 g/mol. The first kappa shape index (κ1) is 15.2. The van der Waals surface area contributed by atoms with E-state index in [1.807, 2.05) is 24.0 Å². The number of piperazine rings is 1. The van der Waals surface area contributed by atoms with E-state index in [0.29, 0.717) is 36.9 Å². The van der Waals surface area contributed by atoms with Crippen LogP contribution in [0.1, 0.15) is 18.4 Å². The highest BCUT2D eigenvalue weighted by Gasteiger charge is 2.35. The second-order valence-corrected chi connectivity index (χ2v) is 6.39. The van der Waals surface area contributed by atoms with Crippen LogP contribution >= 0.6 is 11.6 Å². The van der Waals surface area contributed by atoms with Crippen molar-refractivity contribution in [2.24, 2.45) is 5.92 Å². The van der Waals surface area contributed by atoms with Crippen LogP contribution in [0.3, 0.4) is 0 Å². The van der Waals surface area contributed by atoms with Gasteiger partial charge in [0.25, 0.3) is 0 Å². The highest BCUT2D eigenvalue weighted by atomic mass is 35.5. The van der Waals surface area contributed by atoms with E-state index in [1.165, 1.54) is 0 Å². The predicted octanol–water partition coefficient (Wildman–Crippen LogP) is 2.73. The van der Waals surface area contributed by atoms with Gasteiger partial charge in [-0.05, 0) is 37.5 Å². The van der Waals surface area contributed by atoms with Crippen molar-refractivity contribution in [3.63, 3.8) is 0 Å². The van der Waals surface area contributed by atoms with Gasteiger partial charge in [0.2, 0.25) is 5.91 Å². The Hall–Kier alpha value is -1.75. The minimum Gasteiger partial charge on any atom is -0.339 e. The lowest BCUT2D eigenvalue weighted by Gasteiger charge is -2.34. The molecule has 118 valence electrons. The first-order chi connectivity index (χ1) is 10.5. The molecule has 1 N–H and O–H groups in total. The van der Waals surface area contributed by atoms with Gasteiger partial charge in [-0.2, -0.15) is 0 Å². The van der Waals surface area contributed by atoms with Crippen molar-refractivity contribution in [2.45, 2.75) is 19.8 Å². The molecule has 1 aromatic rings. The van der Waals surface area contributed by atoms with Gasteiger partial charge in [-0.15, -0.1) is 0 Å². The number of nitrogens with one attached hydrogen (secondary N) is 1. The molecule has 2 fully saturated rings. The molecule has 1 aliphatic carbocycles. The van der Waals surface area contributed by atoms with E-state index in [0.717, 1.165) is 18.4 Å². The summed E-state index contributed by atoms with van der Waals surface area (Å²) in [6.07, 6.45) is 2.04. The Balaban J connectivity index is 1.53. The van der Waals surface area contributed by atoms with E-state index in [2.05, 4.69) is 5.32 Å². The number of carbonyl (C=O) groups excluding carboxylic acids is 2. The number of amides is 3. The van der Waals surface area contributed by atoms with Crippen LogP contribution < -0.4 is 5.32 Å². The average Bonchev–Trinajstić information content (AvgIpc) is 3.35. The molecule has 1 heterocycles. The third-order valence-electron chi connectivity index (χ3n) is 4.23. The van der Waals surface area contributed by atoms with Crippen LogP contribution in [0.5, 0.6) is 0 Å². The first-order valence-electron chi connectivity index (χ1n) is 7.65. The van der Waals surface area contributed by atoms with Crippen molar-refractivity contribution < 1.29 is 9.59 Å². The molecule has 2 aliphatic rings. The van der Waals surface area contributed by atoms with Crippen LogP contribution in [0, 0.1) is 12.8 Å². The number of anilines is 1. The predicted molar refractivity (Wildman–Crippen MR) is 86.1 cm³/mol. The first-order valence-corrected chi connectivity index (χ1v) is 8.03. The van der Waals surface area contributed by atoms with E-state index < -0.39 is 0 Å². The highest BCUT2D eigenvalue weighted by molar-refractivity contribution is 6.31. The van der Waals surface area contributed by atoms with Crippen LogP contribution in [0.2, 0.25) is 5.02 Å². The maximum atomic E-state index is 12.3. The Labute approximate surface area is 135 Å². The normalized spacial score (nSPS) is 18.3. The van der Waals surface area contributed by atoms with E-state index in [-0.39, 0.29) is 17.9 Å². The van der Waals surface area contributed by atoms with Gasteiger partial charge >= 0.3 is 6.03 Å². The maximum Gasteiger partial charge on any atom is 0.321 e. The van der Waals surface area contributed by atoms with Gasteiger partial charge in [-0.3, -0.25) is 4.79 Å². The lowest BCUT2D eigenvalue weighted by atomic mass is 10.2. The Morgan fingerprint density at radius 3 is 2.36 bits per heavy atom. The van der Waals surface area contributed by atoms with Crippen LogP contribution in [0.4, 0.5) is 10.5 Å². The summed E-state index contributed by atoms with van der Waals surface area (Å²) >= 11 is 6.06. The molecule has 1 aromatic carbocycles. The summed E-state index contributed by atoms with van der Waals surface area (Å²) in [6.45, 7) is 4.31. The quantitative estimate of drug-likeness (QED) is 0.910. The Morgan fingerprint density at radius 2 is 1.77 bits per heavy atom. The summed E-state index contributed by atoms with van der Waals surface area (Å²) < 4.78 is 0. The number of benzene rings is 1. The highest BCUT2D eigenvalue weighted by Crippen LogP contribution is 2.31. The summed E-state index contributed by atoms with van der Waals surface area (Å²) in [7, 11) is 0. The molecule has 22 heavy (non-hydrogen) atoms. The molecule has 3 rings (SSSR count). The van der Waals surface area contributed by atoms with E-state index in [4.69, 9.17) is 11.6 Å². The zero-order valence-corrected chi connectivity index (χ0v) is 13.4. The summed E-state index contributed by atoms with van der Waals surface area (Å²) in [6, 6.07) is 5.33. The van der Waals surface area contributed by atoms with Crippen LogP contribution in [-0.4, -0.2) is 47.9 Å². The van der Waals surface area contributed by atoms with Crippen LogP contribution in [0.15, 0.2) is 18.2 Å². The lowest BCUT2D eigenvalue weighted by Crippen LogP contribution is -2.52. The van der Waals surface area contributed by atoms with E-state index in [1.54, 1.807) is 11.0 Å². The number of halogens is 1. The topological polar surface area (TPSA) is 52.7 Å². The van der Waals surface area contributed by atoms with E-state index in [9.17, 15) is 9.59 Å². The van der Waals surface area contributed by atoms with Gasteiger partial charge in [0.05, 0.1) is 0 Å². The fourth-order valence-corrected chi connectivity index (χ4v) is 2.77. The second kappa shape index (κ2) is 6.16. The minimum absolute atomic E-state index is 0.140. The van der Waals surface area contributed by atoms with Crippen molar-refractivity contribution in [3.05, 3.63) is 28.8 Å². The second-order valence-electron chi connectivity index (χ2n) is 5.98. The van der Waals surface area contributed by atoms with Crippen LogP contribution in [-0.2, 0) is 4.79 Å². The van der Waals surface area contributed by atoms with Gasteiger partial charge in [-0.1, -0.05) is 17.7 Å². The molecule has 0 unspecified atom stereocenters. The zero-order chi connectivity index (χ0) is 15.7. The largest absolute Gasteiger partial charge is 0.339 e. The molecular weight excluding hydrogens is 302 g/mol. The molecule has 1 saturated carbocycles. The van der Waals surface area contributed by atoms with E-state index >= 15 is 0 Å². The molecule has 1 aliphatic heterocycles. The Bertz CT molecular complexity index is 593. The molecule has 0 atom stereocenters. The smallest absolute Gasteiger partial charge is 0.321 e. The standard InChI is InChI=1S/C16H20ClN3O2/c1-11-2-5-13(10-14(11)17)18-16(22)20-8-6-19(7-9-20)15(21)12-3-4-12/h2,5,10,12H,3-4,6-9H2,1H3,(H,18,22). The zero-order valence-electron chi connectivity index (χ0n) is 12.6. The number of aryl methyl sites for hydroxylation is 1. The molecule has 0 bridgehead atoms. The van der Waals surface area contributed by atoms with Gasteiger partial charge < -0.3 is 15.1 Å². The summed E-state index contributed by atoms with van der Waals surface area (Å²) in [4.78, 5) is 27.9. The minimum atomic E-state index is -0.140. The molecule has 1 saturated heterocycles. The Kier molecular flexibility index (Phi) is 4.25. The summed E-state index contributed by atoms with van der Waals surface area (Å²) in [5, 5.41) is 3.49. The van der Waals surface area contributed by atoms with Crippen LogP contribution in [0.25, 0.3) is 0 Å². The number of nitrogens with zero attached hydrogens (tertiary/aromatic N) is 2. The molecular formula is C16H20ClN3O2. The SMILES string of the molecule is Cc1ccc(NC(=O)N2CCN(C(=O)C3CC3)CC2)cc1Cl. The van der Waals surface area contributed by atoms with Crippen molar-refractivity contribution in [2.75, 3.05) is 31.5 Å². The molecule has 0 spiro atoms. The van der Waals surface area contributed by atoms with Crippen molar-refractivity contribution >= 4 is 29.2 Å². The molecule has 3 amide bonds. The maximum absolute atomic E-state index is 12.3. The van der Waals surface area contributed by atoms with Crippen molar-refractivity contribution in [1.29, 1.82) is 0 Å². The molecule has 0 radical (unpaired) electrons. The fraction of sp³-hybridized carbons (Fsp3) is 0.500. The third-order valence-corrected chi connectivity index (χ3v) is 4.64. The van der Waals surface area contributed by atoms with Gasteiger partial charge in [-0.25, -0.2) is 4.79 Å². The van der Waals surface area contributed by atoms with Crippen molar-refractivity contribution in [1.82, 2.24) is 9.80 Å². The number of hydrogen-bond donors (Lipinski definition) is 1. The molecule has 5 nitrogen and oxygen atoms in total. The van der Waals surface area contributed by atoms with Crippen molar-refractivity contribution in [3.8, 4) is 0 Å². The monoisotopic (exact) mass is 321 g/mol. The van der Waals surface area contributed by atoms with Gasteiger partial charge in [0, 0.05) is 42.8 Å². The summed E-state index contributed by atoms with van der Waals surface area (Å²) in [5.74, 6) is 0.500. The van der Waals surface area contributed by atoms with Gasteiger partial charge in [0.1, 0.15) is 0 Å². The Morgan fingerprint density at radius 1 is 1.14 bits per heavy atom. The summed E-state index contributed by atoms with van der Waals surface area (Å²) in [5.41, 5.74) is 1.67. The number of urea groups is 1. The van der Waals surface area contributed by atoms with Gasteiger partial charge in [0.15, 0.2) is 0 Å². The third kappa shape index (κ3) is 3.35. The molecule has 0 aromatic heterocycles. The number of rotatable bonds is 2. The number of hydrogen-bond acceptors (Lipinski definition) is 2.